The number of benzene rings is 1. The van der Waals surface area contributed by atoms with E-state index >= 15 is 0 Å². The van der Waals surface area contributed by atoms with Crippen LogP contribution < -0.4 is 5.73 Å². The summed E-state index contributed by atoms with van der Waals surface area (Å²) in [6.45, 7) is 4.90. The third-order valence-corrected chi connectivity index (χ3v) is 5.56. The number of anilines is 1. The molecule has 0 aliphatic carbocycles. The standard InChI is InChI=1S/C25H25N5O2/c1-3-22-21(7-4-17-5-9-23(26)27-13-17)24(29-15-28-22)18-6-8-20(16(2)12-18)25(32)30-11-10-19(31)14-30/h5-6,8-9,12-13,15,19,31H,3,10-11,14H2,1-2H3,(H2,26,27). The van der Waals surface area contributed by atoms with Crippen molar-refractivity contribution in [1.82, 2.24) is 19.9 Å². The molecule has 0 radical (unpaired) electrons. The van der Waals surface area contributed by atoms with E-state index in [0.717, 1.165) is 33.6 Å². The number of hydrogen-bond donors (Lipinski definition) is 2. The van der Waals surface area contributed by atoms with Crippen molar-refractivity contribution in [1.29, 1.82) is 0 Å². The molecule has 7 nitrogen and oxygen atoms in total. The first-order valence-corrected chi connectivity index (χ1v) is 10.6. The van der Waals surface area contributed by atoms with Gasteiger partial charge < -0.3 is 15.7 Å². The number of nitrogens with zero attached hydrogens (tertiary/aromatic N) is 4. The largest absolute Gasteiger partial charge is 0.391 e. The van der Waals surface area contributed by atoms with Crippen molar-refractivity contribution in [3.05, 3.63) is 70.8 Å². The van der Waals surface area contributed by atoms with Gasteiger partial charge in [0.1, 0.15) is 12.1 Å². The van der Waals surface area contributed by atoms with Crippen LogP contribution in [0.25, 0.3) is 11.3 Å². The summed E-state index contributed by atoms with van der Waals surface area (Å²) in [7, 11) is 0. The highest BCUT2D eigenvalue weighted by atomic mass is 16.3. The Hall–Kier alpha value is -3.76. The lowest BCUT2D eigenvalue weighted by Gasteiger charge is -2.17. The minimum Gasteiger partial charge on any atom is -0.391 e. The number of aliphatic hydroxyl groups is 1. The first-order chi connectivity index (χ1) is 15.5. The molecule has 1 aliphatic rings. The first-order valence-electron chi connectivity index (χ1n) is 10.6. The summed E-state index contributed by atoms with van der Waals surface area (Å²) < 4.78 is 0. The van der Waals surface area contributed by atoms with E-state index in [-0.39, 0.29) is 5.91 Å². The maximum Gasteiger partial charge on any atom is 0.254 e. The highest BCUT2D eigenvalue weighted by Gasteiger charge is 2.26. The minimum absolute atomic E-state index is 0.0570. The smallest absolute Gasteiger partial charge is 0.254 e. The molecule has 0 spiro atoms. The summed E-state index contributed by atoms with van der Waals surface area (Å²) >= 11 is 0. The van der Waals surface area contributed by atoms with Crippen LogP contribution in [0.2, 0.25) is 0 Å². The van der Waals surface area contributed by atoms with Crippen LogP contribution in [0.4, 0.5) is 5.82 Å². The van der Waals surface area contributed by atoms with Gasteiger partial charge in [-0.3, -0.25) is 4.79 Å². The van der Waals surface area contributed by atoms with E-state index in [4.69, 9.17) is 5.73 Å². The fourth-order valence-electron chi connectivity index (χ4n) is 3.80. The predicted octanol–water partition coefficient (Wildman–Crippen LogP) is 2.60. The Morgan fingerprint density at radius 1 is 1.22 bits per heavy atom. The lowest BCUT2D eigenvalue weighted by molar-refractivity contribution is 0.0764. The molecule has 7 heteroatoms. The van der Waals surface area contributed by atoms with Crippen LogP contribution in [-0.4, -0.2) is 50.1 Å². The summed E-state index contributed by atoms with van der Waals surface area (Å²) in [5.41, 5.74) is 11.1. The highest BCUT2D eigenvalue weighted by Crippen LogP contribution is 2.26. The fourth-order valence-corrected chi connectivity index (χ4v) is 3.80. The zero-order valence-electron chi connectivity index (χ0n) is 18.2. The SMILES string of the molecule is CCc1ncnc(-c2ccc(C(=O)N3CCC(O)C3)c(C)c2)c1C#Cc1ccc(N)nc1. The van der Waals surface area contributed by atoms with E-state index in [0.29, 0.717) is 37.3 Å². The minimum atomic E-state index is -0.440. The summed E-state index contributed by atoms with van der Waals surface area (Å²) in [5.74, 6) is 6.73. The molecule has 1 unspecified atom stereocenters. The van der Waals surface area contributed by atoms with Crippen molar-refractivity contribution in [2.24, 2.45) is 0 Å². The molecule has 2 aromatic heterocycles. The number of carbonyl (C=O) groups excluding carboxylic acids is 1. The molecule has 0 saturated carbocycles. The molecule has 1 saturated heterocycles. The van der Waals surface area contributed by atoms with E-state index in [1.807, 2.05) is 38.1 Å². The molecule has 3 heterocycles. The first kappa shape index (κ1) is 21.5. The Balaban J connectivity index is 1.70. The Kier molecular flexibility index (Phi) is 6.15. The number of pyridine rings is 1. The predicted molar refractivity (Wildman–Crippen MR) is 123 cm³/mol. The Morgan fingerprint density at radius 3 is 2.72 bits per heavy atom. The molecule has 3 aromatic rings. The molecule has 0 bridgehead atoms. The zero-order chi connectivity index (χ0) is 22.7. The molecule has 1 aromatic carbocycles. The van der Waals surface area contributed by atoms with E-state index in [1.165, 1.54) is 0 Å². The van der Waals surface area contributed by atoms with E-state index < -0.39 is 6.10 Å². The van der Waals surface area contributed by atoms with Gasteiger partial charge in [0.2, 0.25) is 0 Å². The van der Waals surface area contributed by atoms with Gasteiger partial charge in [-0.25, -0.2) is 15.0 Å². The van der Waals surface area contributed by atoms with Gasteiger partial charge in [-0.15, -0.1) is 0 Å². The van der Waals surface area contributed by atoms with Gasteiger partial charge in [-0.05, 0) is 49.6 Å². The fraction of sp³-hybridized carbons (Fsp3) is 0.280. The van der Waals surface area contributed by atoms with Crippen LogP contribution in [0.1, 0.15) is 46.1 Å². The number of aryl methyl sites for hydroxylation is 2. The highest BCUT2D eigenvalue weighted by molar-refractivity contribution is 5.96. The van der Waals surface area contributed by atoms with Gasteiger partial charge in [0, 0.05) is 36.0 Å². The van der Waals surface area contributed by atoms with Crippen molar-refractivity contribution >= 4 is 11.7 Å². The monoisotopic (exact) mass is 427 g/mol. The molecule has 1 atom stereocenters. The average Bonchev–Trinajstić information content (AvgIpc) is 3.24. The van der Waals surface area contributed by atoms with Crippen molar-refractivity contribution in [3.8, 4) is 23.1 Å². The van der Waals surface area contributed by atoms with Gasteiger partial charge in [0.25, 0.3) is 5.91 Å². The van der Waals surface area contributed by atoms with Crippen LogP contribution in [0, 0.1) is 18.8 Å². The van der Waals surface area contributed by atoms with Crippen molar-refractivity contribution < 1.29 is 9.90 Å². The van der Waals surface area contributed by atoms with Crippen LogP contribution in [0.5, 0.6) is 0 Å². The molecule has 3 N–H and O–H groups in total. The van der Waals surface area contributed by atoms with Crippen LogP contribution >= 0.6 is 0 Å². The Morgan fingerprint density at radius 2 is 2.06 bits per heavy atom. The number of amides is 1. The number of β-amino-alcohol motifs (C(OH)–C–C–N with tert-alkyl or cyclic N) is 1. The van der Waals surface area contributed by atoms with Crippen LogP contribution in [0.15, 0.2) is 42.9 Å². The van der Waals surface area contributed by atoms with Crippen molar-refractivity contribution in [3.63, 3.8) is 0 Å². The number of aliphatic hydroxyl groups excluding tert-OH is 1. The van der Waals surface area contributed by atoms with Gasteiger partial charge in [-0.2, -0.15) is 0 Å². The maximum absolute atomic E-state index is 12.9. The average molecular weight is 428 g/mol. The molecule has 1 fully saturated rings. The molecule has 32 heavy (non-hydrogen) atoms. The van der Waals surface area contributed by atoms with E-state index in [2.05, 4.69) is 26.8 Å². The Labute approximate surface area is 187 Å². The third kappa shape index (κ3) is 4.46. The van der Waals surface area contributed by atoms with Gasteiger partial charge >= 0.3 is 0 Å². The number of hydrogen-bond acceptors (Lipinski definition) is 6. The maximum atomic E-state index is 12.9. The summed E-state index contributed by atoms with van der Waals surface area (Å²) in [6.07, 6.45) is 4.08. The molecule has 1 amide bonds. The normalized spacial score (nSPS) is 15.3. The lowest BCUT2D eigenvalue weighted by Crippen LogP contribution is -2.30. The lowest BCUT2D eigenvalue weighted by atomic mass is 9.98. The molecule has 4 rings (SSSR count). The zero-order valence-corrected chi connectivity index (χ0v) is 18.2. The van der Waals surface area contributed by atoms with E-state index in [9.17, 15) is 9.90 Å². The molecular formula is C25H25N5O2. The number of likely N-dealkylation sites (tertiary alicyclic amines) is 1. The van der Waals surface area contributed by atoms with Crippen LogP contribution in [0.3, 0.4) is 0 Å². The second-order valence-corrected chi connectivity index (χ2v) is 7.84. The van der Waals surface area contributed by atoms with Crippen molar-refractivity contribution in [2.45, 2.75) is 32.8 Å². The number of nitrogens with two attached hydrogens (primary N) is 1. The molecule has 1 aliphatic heterocycles. The van der Waals surface area contributed by atoms with Gasteiger partial charge in [0.15, 0.2) is 0 Å². The number of rotatable bonds is 3. The number of aromatic nitrogens is 3. The summed E-state index contributed by atoms with van der Waals surface area (Å²) in [4.78, 5) is 27.6. The quantitative estimate of drug-likeness (QED) is 0.623. The number of nitrogen functional groups attached to an aromatic ring is 1. The summed E-state index contributed by atoms with van der Waals surface area (Å²) in [6, 6.07) is 9.21. The molecule has 162 valence electrons. The Bertz CT molecular complexity index is 1210. The summed E-state index contributed by atoms with van der Waals surface area (Å²) in [5, 5.41) is 9.75. The molecular weight excluding hydrogens is 402 g/mol. The van der Waals surface area contributed by atoms with Crippen LogP contribution in [-0.2, 0) is 6.42 Å². The van der Waals surface area contributed by atoms with Gasteiger partial charge in [0.05, 0.1) is 23.1 Å². The van der Waals surface area contributed by atoms with Crippen molar-refractivity contribution in [2.75, 3.05) is 18.8 Å². The van der Waals surface area contributed by atoms with E-state index in [1.54, 1.807) is 23.5 Å². The third-order valence-electron chi connectivity index (χ3n) is 5.56. The second kappa shape index (κ2) is 9.16. The number of carbonyl (C=O) groups is 1. The topological polar surface area (TPSA) is 105 Å². The second-order valence-electron chi connectivity index (χ2n) is 7.84. The van der Waals surface area contributed by atoms with Gasteiger partial charge in [-0.1, -0.05) is 24.8 Å².